The van der Waals surface area contributed by atoms with Crippen LogP contribution in [0.3, 0.4) is 0 Å². The molecule has 1 amide bonds. The highest BCUT2D eigenvalue weighted by atomic mass is 16.5. The summed E-state index contributed by atoms with van der Waals surface area (Å²) in [4.78, 5) is 26.6. The van der Waals surface area contributed by atoms with Crippen LogP contribution in [0.15, 0.2) is 91.3 Å². The Hall–Kier alpha value is -4.03. The Morgan fingerprint density at radius 3 is 2.50 bits per heavy atom. The lowest BCUT2D eigenvalue weighted by Crippen LogP contribution is -2.36. The van der Waals surface area contributed by atoms with E-state index in [4.69, 9.17) is 4.74 Å². The van der Waals surface area contributed by atoms with Crippen molar-refractivity contribution in [3.05, 3.63) is 114 Å². The van der Waals surface area contributed by atoms with Crippen molar-refractivity contribution in [1.82, 2.24) is 19.8 Å². The Kier molecular flexibility index (Phi) is 8.15. The van der Waals surface area contributed by atoms with Gasteiger partial charge in [-0.05, 0) is 72.6 Å². The Labute approximate surface area is 236 Å². The fraction of sp³-hybridized carbons (Fsp3) is 0.324. The summed E-state index contributed by atoms with van der Waals surface area (Å²) in [6.07, 6.45) is 7.67. The largest absolute Gasteiger partial charge is 0.483 e. The topological polar surface area (TPSA) is 58.6 Å². The van der Waals surface area contributed by atoms with Gasteiger partial charge in [0.2, 0.25) is 0 Å². The lowest BCUT2D eigenvalue weighted by Gasteiger charge is -2.29. The minimum Gasteiger partial charge on any atom is -0.483 e. The molecule has 0 bridgehead atoms. The molecule has 204 valence electrons. The molecule has 3 aromatic carbocycles. The first-order valence-corrected chi connectivity index (χ1v) is 14.4. The second-order valence-electron chi connectivity index (χ2n) is 10.8. The van der Waals surface area contributed by atoms with E-state index in [1.165, 1.54) is 16.7 Å². The third-order valence-electron chi connectivity index (χ3n) is 8.19. The molecular weight excluding hydrogens is 496 g/mol. The standard InChI is InChI=1S/C34H36N4O2/c39-33(38-19-6-12-27(16-21-38)26-8-2-1-3-9-26)25-40-32-14-13-29(34-35-17-7-18-36-34)22-31(32)24-37-20-15-28-10-4-5-11-30(28)23-37/h1-5,7-11,13-14,17-18,22,27H,6,12,15-16,19-21,23-25H2. The van der Waals surface area contributed by atoms with Gasteiger partial charge in [0, 0.05) is 56.2 Å². The molecular formula is C34H36N4O2. The van der Waals surface area contributed by atoms with Crippen molar-refractivity contribution in [3.8, 4) is 17.1 Å². The maximum absolute atomic E-state index is 13.3. The molecule has 40 heavy (non-hydrogen) atoms. The van der Waals surface area contributed by atoms with E-state index in [9.17, 15) is 4.79 Å². The van der Waals surface area contributed by atoms with Crippen LogP contribution >= 0.6 is 0 Å². The van der Waals surface area contributed by atoms with E-state index in [1.807, 2.05) is 23.1 Å². The number of carbonyl (C=O) groups excluding carboxylic acids is 1. The molecule has 1 atom stereocenters. The van der Waals surface area contributed by atoms with Crippen LogP contribution in [0, 0.1) is 0 Å². The molecule has 2 aliphatic heterocycles. The van der Waals surface area contributed by atoms with Crippen LogP contribution in [-0.4, -0.2) is 51.9 Å². The van der Waals surface area contributed by atoms with Crippen molar-refractivity contribution in [2.45, 2.75) is 44.7 Å². The van der Waals surface area contributed by atoms with Gasteiger partial charge < -0.3 is 9.64 Å². The van der Waals surface area contributed by atoms with Crippen LogP contribution < -0.4 is 4.74 Å². The second-order valence-corrected chi connectivity index (χ2v) is 10.8. The number of carbonyl (C=O) groups is 1. The van der Waals surface area contributed by atoms with Crippen LogP contribution in [-0.2, 0) is 24.3 Å². The predicted octanol–water partition coefficient (Wildman–Crippen LogP) is 5.88. The number of nitrogens with zero attached hydrogens (tertiary/aromatic N) is 4. The Bertz CT molecular complexity index is 1430. The zero-order valence-corrected chi connectivity index (χ0v) is 22.9. The predicted molar refractivity (Wildman–Crippen MR) is 157 cm³/mol. The quantitative estimate of drug-likeness (QED) is 0.298. The minimum atomic E-state index is 0.0486. The number of ether oxygens (including phenoxy) is 1. The van der Waals surface area contributed by atoms with Crippen molar-refractivity contribution in [2.75, 3.05) is 26.2 Å². The molecule has 2 aliphatic rings. The maximum atomic E-state index is 13.3. The fourth-order valence-corrected chi connectivity index (χ4v) is 6.00. The molecule has 3 heterocycles. The number of likely N-dealkylation sites (tertiary alicyclic amines) is 1. The van der Waals surface area contributed by atoms with Crippen LogP contribution in [0.4, 0.5) is 0 Å². The highest BCUT2D eigenvalue weighted by Gasteiger charge is 2.23. The first-order valence-electron chi connectivity index (χ1n) is 14.4. The molecule has 4 aromatic rings. The van der Waals surface area contributed by atoms with Gasteiger partial charge in [-0.3, -0.25) is 9.69 Å². The monoisotopic (exact) mass is 532 g/mol. The summed E-state index contributed by atoms with van der Waals surface area (Å²) in [6.45, 7) is 4.23. The fourth-order valence-electron chi connectivity index (χ4n) is 6.00. The van der Waals surface area contributed by atoms with Crippen LogP contribution in [0.25, 0.3) is 11.4 Å². The van der Waals surface area contributed by atoms with Crippen LogP contribution in [0.1, 0.15) is 47.4 Å². The van der Waals surface area contributed by atoms with Crippen molar-refractivity contribution >= 4 is 5.91 Å². The Morgan fingerprint density at radius 2 is 1.65 bits per heavy atom. The number of benzene rings is 3. The number of rotatable bonds is 7. The molecule has 0 spiro atoms. The van der Waals surface area contributed by atoms with Gasteiger partial charge in [-0.1, -0.05) is 54.6 Å². The van der Waals surface area contributed by atoms with Crippen LogP contribution in [0.5, 0.6) is 5.75 Å². The van der Waals surface area contributed by atoms with Crippen LogP contribution in [0.2, 0.25) is 0 Å². The third kappa shape index (κ3) is 6.23. The number of hydrogen-bond donors (Lipinski definition) is 0. The third-order valence-corrected chi connectivity index (χ3v) is 8.19. The number of aromatic nitrogens is 2. The maximum Gasteiger partial charge on any atom is 0.260 e. The number of fused-ring (bicyclic) bond motifs is 1. The van der Waals surface area contributed by atoms with Crippen molar-refractivity contribution < 1.29 is 9.53 Å². The Balaban J connectivity index is 1.15. The van der Waals surface area contributed by atoms with Crippen molar-refractivity contribution in [2.24, 2.45) is 0 Å². The summed E-state index contributed by atoms with van der Waals surface area (Å²) in [5, 5.41) is 0. The minimum absolute atomic E-state index is 0.0486. The van der Waals surface area contributed by atoms with Gasteiger partial charge in [-0.15, -0.1) is 0 Å². The van der Waals surface area contributed by atoms with E-state index >= 15 is 0 Å². The van der Waals surface area contributed by atoms with Gasteiger partial charge in [0.1, 0.15) is 5.75 Å². The second kappa shape index (κ2) is 12.4. The highest BCUT2D eigenvalue weighted by Crippen LogP contribution is 2.30. The van der Waals surface area contributed by atoms with Gasteiger partial charge in [0.25, 0.3) is 5.91 Å². The van der Waals surface area contributed by atoms with Crippen molar-refractivity contribution in [3.63, 3.8) is 0 Å². The van der Waals surface area contributed by atoms with E-state index < -0.39 is 0 Å². The lowest BCUT2D eigenvalue weighted by atomic mass is 9.92. The molecule has 0 radical (unpaired) electrons. The molecule has 1 saturated heterocycles. The van der Waals surface area contributed by atoms with Gasteiger partial charge in [-0.2, -0.15) is 0 Å². The lowest BCUT2D eigenvalue weighted by molar-refractivity contribution is -0.133. The van der Waals surface area contributed by atoms with Crippen molar-refractivity contribution in [1.29, 1.82) is 0 Å². The van der Waals surface area contributed by atoms with E-state index in [2.05, 4.69) is 75.5 Å². The summed E-state index contributed by atoms with van der Waals surface area (Å²) in [5.41, 5.74) is 6.19. The molecule has 0 N–H and O–H groups in total. The molecule has 1 fully saturated rings. The highest BCUT2D eigenvalue weighted by molar-refractivity contribution is 5.78. The molecule has 0 aliphatic carbocycles. The average molecular weight is 533 g/mol. The molecule has 6 heteroatoms. The normalized spacial score (nSPS) is 17.6. The van der Waals surface area contributed by atoms with Gasteiger partial charge >= 0.3 is 0 Å². The van der Waals surface area contributed by atoms with E-state index in [0.29, 0.717) is 11.7 Å². The van der Waals surface area contributed by atoms with E-state index in [-0.39, 0.29) is 12.5 Å². The molecule has 1 aromatic heterocycles. The van der Waals surface area contributed by atoms with Gasteiger partial charge in [0.15, 0.2) is 12.4 Å². The summed E-state index contributed by atoms with van der Waals surface area (Å²) in [6, 6.07) is 27.3. The number of amides is 1. The summed E-state index contributed by atoms with van der Waals surface area (Å²) >= 11 is 0. The average Bonchev–Trinajstić information content (AvgIpc) is 3.28. The SMILES string of the molecule is O=C(COc1ccc(-c2ncccn2)cc1CN1CCc2ccccc2C1)N1CCCC(c2ccccc2)CC1. The molecule has 0 saturated carbocycles. The number of hydrogen-bond acceptors (Lipinski definition) is 5. The Morgan fingerprint density at radius 1 is 0.850 bits per heavy atom. The first kappa shape index (κ1) is 26.2. The first-order chi connectivity index (χ1) is 19.7. The summed E-state index contributed by atoms with van der Waals surface area (Å²) < 4.78 is 6.25. The zero-order chi connectivity index (χ0) is 27.1. The van der Waals surface area contributed by atoms with E-state index in [0.717, 1.165) is 75.3 Å². The smallest absolute Gasteiger partial charge is 0.260 e. The summed E-state index contributed by atoms with van der Waals surface area (Å²) in [7, 11) is 0. The van der Waals surface area contributed by atoms with Gasteiger partial charge in [0.05, 0.1) is 0 Å². The summed E-state index contributed by atoms with van der Waals surface area (Å²) in [5.74, 6) is 2.01. The van der Waals surface area contributed by atoms with Gasteiger partial charge in [-0.25, -0.2) is 9.97 Å². The molecule has 1 unspecified atom stereocenters. The molecule has 6 rings (SSSR count). The zero-order valence-electron chi connectivity index (χ0n) is 22.9. The molecule has 6 nitrogen and oxygen atoms in total. The van der Waals surface area contributed by atoms with E-state index in [1.54, 1.807) is 12.4 Å².